The first-order chi connectivity index (χ1) is 7.78. The highest BCUT2D eigenvalue weighted by Crippen LogP contribution is 2.33. The molecule has 0 fully saturated rings. The summed E-state index contributed by atoms with van der Waals surface area (Å²) in [6.07, 6.45) is 1.94. The van der Waals surface area contributed by atoms with E-state index in [1.165, 1.54) is 11.1 Å². The van der Waals surface area contributed by atoms with Crippen LogP contribution >= 0.6 is 0 Å². The molecule has 0 bridgehead atoms. The van der Waals surface area contributed by atoms with Gasteiger partial charge in [-0.1, -0.05) is 19.9 Å². The summed E-state index contributed by atoms with van der Waals surface area (Å²) in [5.74, 6) is 1.99. The van der Waals surface area contributed by atoms with Gasteiger partial charge in [-0.05, 0) is 38.3 Å². The van der Waals surface area contributed by atoms with Crippen molar-refractivity contribution in [2.45, 2.75) is 40.5 Å². The molecule has 0 atom stereocenters. The fourth-order valence-electron chi connectivity index (χ4n) is 1.89. The molecule has 1 aromatic carbocycles. The molecule has 0 spiro atoms. The number of benzene rings is 1. The van der Waals surface area contributed by atoms with Gasteiger partial charge in [0.05, 0.1) is 13.2 Å². The Morgan fingerprint density at radius 2 is 1.56 bits per heavy atom. The van der Waals surface area contributed by atoms with Crippen LogP contribution in [0.2, 0.25) is 0 Å². The predicted octanol–water partition coefficient (Wildman–Crippen LogP) is 3.61. The first-order valence-electron chi connectivity index (χ1n) is 6.18. The largest absolute Gasteiger partial charge is 0.493 e. The van der Waals surface area contributed by atoms with E-state index in [2.05, 4.69) is 26.0 Å². The molecule has 2 nitrogen and oxygen atoms in total. The van der Waals surface area contributed by atoms with Crippen LogP contribution in [0.3, 0.4) is 0 Å². The summed E-state index contributed by atoms with van der Waals surface area (Å²) in [5, 5.41) is 0. The molecule has 0 saturated carbocycles. The summed E-state index contributed by atoms with van der Waals surface area (Å²) in [5.41, 5.74) is 2.46. The molecule has 0 aliphatic carbocycles. The molecule has 0 amide bonds. The first kappa shape index (κ1) is 12.9. The summed E-state index contributed by atoms with van der Waals surface area (Å²) in [6.45, 7) is 9.72. The van der Waals surface area contributed by atoms with E-state index in [0.29, 0.717) is 13.2 Å². The number of hydrogen-bond acceptors (Lipinski definition) is 2. The Balaban J connectivity index is 3.19. The van der Waals surface area contributed by atoms with Crippen LogP contribution < -0.4 is 9.47 Å². The zero-order valence-electron chi connectivity index (χ0n) is 10.8. The Labute approximate surface area is 98.6 Å². The molecule has 0 N–H and O–H groups in total. The van der Waals surface area contributed by atoms with Crippen LogP contribution in [-0.4, -0.2) is 13.2 Å². The normalized spacial score (nSPS) is 10.2. The molecular weight excluding hydrogens is 200 g/mol. The zero-order chi connectivity index (χ0) is 12.0. The van der Waals surface area contributed by atoms with Gasteiger partial charge in [0.15, 0.2) is 0 Å². The average Bonchev–Trinajstić information content (AvgIpc) is 2.30. The van der Waals surface area contributed by atoms with E-state index in [1.54, 1.807) is 0 Å². The smallest absolute Gasteiger partial charge is 0.129 e. The van der Waals surface area contributed by atoms with Crippen molar-refractivity contribution in [3.8, 4) is 11.5 Å². The molecule has 90 valence electrons. The van der Waals surface area contributed by atoms with Crippen LogP contribution in [0.4, 0.5) is 0 Å². The third-order valence-electron chi connectivity index (χ3n) is 2.62. The number of ether oxygens (including phenoxy) is 2. The van der Waals surface area contributed by atoms with Crippen LogP contribution in [0.25, 0.3) is 0 Å². The van der Waals surface area contributed by atoms with Gasteiger partial charge in [-0.25, -0.2) is 0 Å². The highest BCUT2D eigenvalue weighted by atomic mass is 16.5. The molecule has 0 saturated heterocycles. The van der Waals surface area contributed by atoms with Crippen molar-refractivity contribution < 1.29 is 9.47 Å². The predicted molar refractivity (Wildman–Crippen MR) is 67.5 cm³/mol. The van der Waals surface area contributed by atoms with Crippen molar-refractivity contribution in [3.05, 3.63) is 23.3 Å². The summed E-state index contributed by atoms with van der Waals surface area (Å²) < 4.78 is 11.4. The van der Waals surface area contributed by atoms with Crippen molar-refractivity contribution in [3.63, 3.8) is 0 Å². The van der Waals surface area contributed by atoms with Crippen molar-refractivity contribution in [1.29, 1.82) is 0 Å². The van der Waals surface area contributed by atoms with Crippen LogP contribution in [0.5, 0.6) is 11.5 Å². The molecule has 0 unspecified atom stereocenters. The second kappa shape index (κ2) is 6.41. The fourth-order valence-corrected chi connectivity index (χ4v) is 1.89. The topological polar surface area (TPSA) is 18.5 Å². The van der Waals surface area contributed by atoms with E-state index < -0.39 is 0 Å². The molecule has 1 rings (SSSR count). The fraction of sp³-hybridized carbons (Fsp3) is 0.571. The van der Waals surface area contributed by atoms with Crippen LogP contribution in [0.15, 0.2) is 12.1 Å². The molecular formula is C14H22O2. The Bertz CT molecular complexity index is 332. The molecule has 0 aliphatic rings. The Morgan fingerprint density at radius 1 is 0.875 bits per heavy atom. The SMILES string of the molecule is CCOc1ccc(CC)c(OCC)c1CC. The molecule has 16 heavy (non-hydrogen) atoms. The van der Waals surface area contributed by atoms with Gasteiger partial charge < -0.3 is 9.47 Å². The van der Waals surface area contributed by atoms with Crippen molar-refractivity contribution >= 4 is 0 Å². The van der Waals surface area contributed by atoms with Gasteiger partial charge in [0.25, 0.3) is 0 Å². The van der Waals surface area contributed by atoms with E-state index >= 15 is 0 Å². The van der Waals surface area contributed by atoms with Gasteiger partial charge in [0, 0.05) is 5.56 Å². The van der Waals surface area contributed by atoms with Gasteiger partial charge in [0.1, 0.15) is 11.5 Å². The van der Waals surface area contributed by atoms with Crippen LogP contribution in [-0.2, 0) is 12.8 Å². The highest BCUT2D eigenvalue weighted by Gasteiger charge is 2.12. The lowest BCUT2D eigenvalue weighted by Gasteiger charge is -2.17. The van der Waals surface area contributed by atoms with Crippen molar-refractivity contribution in [1.82, 2.24) is 0 Å². The van der Waals surface area contributed by atoms with Gasteiger partial charge in [0.2, 0.25) is 0 Å². The maximum atomic E-state index is 5.76. The molecule has 2 heteroatoms. The summed E-state index contributed by atoms with van der Waals surface area (Å²) in [7, 11) is 0. The summed E-state index contributed by atoms with van der Waals surface area (Å²) >= 11 is 0. The lowest BCUT2D eigenvalue weighted by Crippen LogP contribution is -2.03. The minimum Gasteiger partial charge on any atom is -0.493 e. The number of hydrogen-bond donors (Lipinski definition) is 0. The zero-order valence-corrected chi connectivity index (χ0v) is 10.8. The number of rotatable bonds is 6. The van der Waals surface area contributed by atoms with E-state index in [4.69, 9.17) is 9.47 Å². The average molecular weight is 222 g/mol. The second-order valence-electron chi connectivity index (χ2n) is 3.60. The van der Waals surface area contributed by atoms with E-state index in [-0.39, 0.29) is 0 Å². The van der Waals surface area contributed by atoms with Gasteiger partial charge >= 0.3 is 0 Å². The van der Waals surface area contributed by atoms with Gasteiger partial charge in [-0.3, -0.25) is 0 Å². The van der Waals surface area contributed by atoms with Gasteiger partial charge in [-0.15, -0.1) is 0 Å². The van der Waals surface area contributed by atoms with Crippen molar-refractivity contribution in [2.75, 3.05) is 13.2 Å². The molecule has 0 aromatic heterocycles. The van der Waals surface area contributed by atoms with Crippen LogP contribution in [0, 0.1) is 0 Å². The Kier molecular flexibility index (Phi) is 5.17. The molecule has 0 heterocycles. The number of aryl methyl sites for hydroxylation is 1. The lowest BCUT2D eigenvalue weighted by molar-refractivity contribution is 0.314. The third kappa shape index (κ3) is 2.69. The van der Waals surface area contributed by atoms with Gasteiger partial charge in [-0.2, -0.15) is 0 Å². The highest BCUT2D eigenvalue weighted by molar-refractivity contribution is 5.50. The third-order valence-corrected chi connectivity index (χ3v) is 2.62. The molecule has 0 radical (unpaired) electrons. The van der Waals surface area contributed by atoms with E-state index in [1.807, 2.05) is 13.8 Å². The van der Waals surface area contributed by atoms with E-state index in [9.17, 15) is 0 Å². The minimum atomic E-state index is 0.698. The lowest BCUT2D eigenvalue weighted by atomic mass is 10.0. The standard InChI is InChI=1S/C14H22O2/c1-5-11-9-10-13(15-7-3)12(6-2)14(11)16-8-4/h9-10H,5-8H2,1-4H3. The quantitative estimate of drug-likeness (QED) is 0.732. The second-order valence-corrected chi connectivity index (χ2v) is 3.60. The van der Waals surface area contributed by atoms with Crippen molar-refractivity contribution in [2.24, 2.45) is 0 Å². The maximum absolute atomic E-state index is 5.76. The minimum absolute atomic E-state index is 0.698. The first-order valence-corrected chi connectivity index (χ1v) is 6.18. The molecule has 1 aromatic rings. The summed E-state index contributed by atoms with van der Waals surface area (Å²) in [6, 6.07) is 4.17. The maximum Gasteiger partial charge on any atom is 0.129 e. The van der Waals surface area contributed by atoms with Crippen LogP contribution in [0.1, 0.15) is 38.8 Å². The Hall–Kier alpha value is -1.18. The van der Waals surface area contributed by atoms with E-state index in [0.717, 1.165) is 24.3 Å². The monoisotopic (exact) mass is 222 g/mol. The molecule has 0 aliphatic heterocycles. The Morgan fingerprint density at radius 3 is 2.06 bits per heavy atom. The summed E-state index contributed by atoms with van der Waals surface area (Å²) in [4.78, 5) is 0.